The minimum atomic E-state index is -0.645. The lowest BCUT2D eigenvalue weighted by Crippen LogP contribution is -2.32. The van der Waals surface area contributed by atoms with Crippen LogP contribution in [0.25, 0.3) is 0 Å². The molecule has 102 valence electrons. The maximum Gasteiger partial charge on any atom is 0.138 e. The van der Waals surface area contributed by atoms with Crippen molar-refractivity contribution >= 4 is 11.6 Å². The fourth-order valence-corrected chi connectivity index (χ4v) is 1.38. The van der Waals surface area contributed by atoms with E-state index in [1.54, 1.807) is 12.1 Å². The maximum atomic E-state index is 9.66. The van der Waals surface area contributed by atoms with Crippen molar-refractivity contribution in [1.82, 2.24) is 5.48 Å². The summed E-state index contributed by atoms with van der Waals surface area (Å²) < 4.78 is 5.40. The molecule has 1 aromatic carbocycles. The highest BCUT2D eigenvalue weighted by atomic mass is 35.5. The summed E-state index contributed by atoms with van der Waals surface area (Å²) in [7, 11) is 0. The average molecular weight is 274 g/mol. The minimum Gasteiger partial charge on any atom is -0.489 e. The van der Waals surface area contributed by atoms with E-state index in [9.17, 15) is 5.11 Å². The largest absolute Gasteiger partial charge is 0.489 e. The molecule has 0 fully saturated rings. The fourth-order valence-electron chi connectivity index (χ4n) is 1.19. The van der Waals surface area contributed by atoms with Crippen molar-refractivity contribution in [3.8, 4) is 5.75 Å². The number of rotatable bonds is 8. The van der Waals surface area contributed by atoms with Gasteiger partial charge in [-0.1, -0.05) is 37.6 Å². The monoisotopic (exact) mass is 273 g/mol. The molecular weight excluding hydrogens is 254 g/mol. The first-order valence-electron chi connectivity index (χ1n) is 5.99. The van der Waals surface area contributed by atoms with Crippen molar-refractivity contribution < 1.29 is 14.7 Å². The van der Waals surface area contributed by atoms with Gasteiger partial charge in [-0.2, -0.15) is 5.48 Å². The molecule has 0 aliphatic carbocycles. The van der Waals surface area contributed by atoms with Gasteiger partial charge in [-0.15, -0.1) is 0 Å². The number of hydrogen-bond donors (Lipinski definition) is 2. The van der Waals surface area contributed by atoms with Crippen LogP contribution in [0.5, 0.6) is 5.75 Å². The highest BCUT2D eigenvalue weighted by Crippen LogP contribution is 2.22. The molecule has 1 rings (SSSR count). The Labute approximate surface area is 113 Å². The Balaban J connectivity index is 2.17. The summed E-state index contributed by atoms with van der Waals surface area (Å²) in [4.78, 5) is 5.15. The number of benzene rings is 1. The van der Waals surface area contributed by atoms with Gasteiger partial charge in [-0.25, -0.2) is 0 Å². The molecule has 0 saturated heterocycles. The van der Waals surface area contributed by atoms with Crippen LogP contribution >= 0.6 is 11.6 Å². The van der Waals surface area contributed by atoms with E-state index in [0.717, 1.165) is 0 Å². The van der Waals surface area contributed by atoms with Crippen LogP contribution in [0.2, 0.25) is 5.02 Å². The van der Waals surface area contributed by atoms with Crippen molar-refractivity contribution in [3.63, 3.8) is 0 Å². The lowest BCUT2D eigenvalue weighted by molar-refractivity contribution is -0.00772. The van der Waals surface area contributed by atoms with Crippen LogP contribution in [0, 0.1) is 5.92 Å². The molecule has 18 heavy (non-hydrogen) atoms. The van der Waals surface area contributed by atoms with Gasteiger partial charge in [-0.3, -0.25) is 0 Å². The van der Waals surface area contributed by atoms with Gasteiger partial charge in [0.2, 0.25) is 0 Å². The van der Waals surface area contributed by atoms with Crippen LogP contribution in [0.4, 0.5) is 0 Å². The number of hydroxylamine groups is 1. The number of hydrogen-bond acceptors (Lipinski definition) is 4. The zero-order chi connectivity index (χ0) is 13.4. The van der Waals surface area contributed by atoms with Gasteiger partial charge in [0.05, 0.1) is 18.2 Å². The van der Waals surface area contributed by atoms with Gasteiger partial charge < -0.3 is 14.7 Å². The number of aliphatic hydroxyl groups excluding tert-OH is 1. The summed E-state index contributed by atoms with van der Waals surface area (Å²) >= 11 is 5.92. The lowest BCUT2D eigenvalue weighted by atomic mass is 10.2. The van der Waals surface area contributed by atoms with E-state index >= 15 is 0 Å². The minimum absolute atomic E-state index is 0.168. The van der Waals surface area contributed by atoms with E-state index in [0.29, 0.717) is 29.8 Å². The number of halogens is 1. The highest BCUT2D eigenvalue weighted by molar-refractivity contribution is 6.32. The van der Waals surface area contributed by atoms with E-state index in [1.165, 1.54) is 0 Å². The van der Waals surface area contributed by atoms with E-state index in [4.69, 9.17) is 21.2 Å². The third-order valence-electron chi connectivity index (χ3n) is 2.11. The van der Waals surface area contributed by atoms with Crippen LogP contribution in [0.15, 0.2) is 24.3 Å². The van der Waals surface area contributed by atoms with Crippen LogP contribution in [-0.4, -0.2) is 31.0 Å². The van der Waals surface area contributed by atoms with Crippen LogP contribution in [0.3, 0.4) is 0 Å². The summed E-state index contributed by atoms with van der Waals surface area (Å²) in [6.45, 7) is 5.20. The quantitative estimate of drug-likeness (QED) is 0.563. The molecule has 2 N–H and O–H groups in total. The van der Waals surface area contributed by atoms with Gasteiger partial charge in [0.25, 0.3) is 0 Å². The summed E-state index contributed by atoms with van der Waals surface area (Å²) in [5, 5.41) is 10.2. The Bertz CT molecular complexity index is 347. The van der Waals surface area contributed by atoms with Crippen molar-refractivity contribution in [1.29, 1.82) is 0 Å². The standard InChI is InChI=1S/C13H20ClNO3/c1-10(2)8-18-15-7-11(16)9-17-13-6-4-3-5-12(13)14/h3-6,10-11,15-16H,7-9H2,1-2H3. The van der Waals surface area contributed by atoms with Crippen LogP contribution in [-0.2, 0) is 4.84 Å². The SMILES string of the molecule is CC(C)CONCC(O)COc1ccccc1Cl. The van der Waals surface area contributed by atoms with Gasteiger partial charge in [0.1, 0.15) is 18.5 Å². The third-order valence-corrected chi connectivity index (χ3v) is 2.42. The molecule has 4 nitrogen and oxygen atoms in total. The molecule has 0 saturated carbocycles. The molecule has 0 amide bonds. The van der Waals surface area contributed by atoms with Crippen LogP contribution < -0.4 is 10.2 Å². The molecule has 0 radical (unpaired) electrons. The van der Waals surface area contributed by atoms with Crippen molar-refractivity contribution in [2.75, 3.05) is 19.8 Å². The second kappa shape index (κ2) is 8.32. The second-order valence-corrected chi connectivity index (χ2v) is 4.86. The zero-order valence-electron chi connectivity index (χ0n) is 10.7. The molecule has 0 aromatic heterocycles. The highest BCUT2D eigenvalue weighted by Gasteiger charge is 2.07. The van der Waals surface area contributed by atoms with E-state index in [1.807, 2.05) is 12.1 Å². The van der Waals surface area contributed by atoms with Crippen molar-refractivity contribution in [2.45, 2.75) is 20.0 Å². The van der Waals surface area contributed by atoms with E-state index < -0.39 is 6.10 Å². The molecule has 5 heteroatoms. The van der Waals surface area contributed by atoms with E-state index in [-0.39, 0.29) is 6.61 Å². The van der Waals surface area contributed by atoms with Gasteiger partial charge in [-0.05, 0) is 18.1 Å². The molecule has 0 heterocycles. The van der Waals surface area contributed by atoms with E-state index in [2.05, 4.69) is 19.3 Å². The molecule has 1 aromatic rings. The fraction of sp³-hybridized carbons (Fsp3) is 0.538. The number of aliphatic hydroxyl groups is 1. The smallest absolute Gasteiger partial charge is 0.138 e. The van der Waals surface area contributed by atoms with Crippen molar-refractivity contribution in [2.24, 2.45) is 5.92 Å². The predicted octanol–water partition coefficient (Wildman–Crippen LogP) is 2.26. The zero-order valence-corrected chi connectivity index (χ0v) is 11.5. The van der Waals surface area contributed by atoms with Crippen molar-refractivity contribution in [3.05, 3.63) is 29.3 Å². The predicted molar refractivity (Wildman–Crippen MR) is 71.7 cm³/mol. The summed E-state index contributed by atoms with van der Waals surface area (Å²) in [6, 6.07) is 7.16. The number of para-hydroxylation sites is 1. The molecule has 0 spiro atoms. The normalized spacial score (nSPS) is 12.7. The third kappa shape index (κ3) is 6.21. The Hall–Kier alpha value is -0.810. The lowest BCUT2D eigenvalue weighted by Gasteiger charge is -2.14. The summed E-state index contributed by atoms with van der Waals surface area (Å²) in [6.07, 6.45) is -0.645. The topological polar surface area (TPSA) is 50.7 Å². The molecule has 1 atom stereocenters. The first-order valence-corrected chi connectivity index (χ1v) is 6.37. The average Bonchev–Trinajstić information content (AvgIpc) is 2.33. The number of ether oxygens (including phenoxy) is 1. The number of nitrogens with one attached hydrogen (secondary N) is 1. The summed E-state index contributed by atoms with van der Waals surface area (Å²) in [5.74, 6) is 1.02. The molecule has 0 bridgehead atoms. The molecule has 1 unspecified atom stereocenters. The Morgan fingerprint density at radius 3 is 2.67 bits per heavy atom. The van der Waals surface area contributed by atoms with Gasteiger partial charge in [0, 0.05) is 0 Å². The first kappa shape index (κ1) is 15.2. The second-order valence-electron chi connectivity index (χ2n) is 4.45. The Kier molecular flexibility index (Phi) is 7.05. The molecule has 0 aliphatic heterocycles. The Morgan fingerprint density at radius 2 is 2.00 bits per heavy atom. The van der Waals surface area contributed by atoms with Gasteiger partial charge >= 0.3 is 0 Å². The maximum absolute atomic E-state index is 9.66. The summed E-state index contributed by atoms with van der Waals surface area (Å²) in [5.41, 5.74) is 2.70. The first-order chi connectivity index (χ1) is 8.59. The molecule has 0 aliphatic rings. The van der Waals surface area contributed by atoms with Gasteiger partial charge in [0.15, 0.2) is 0 Å². The van der Waals surface area contributed by atoms with Crippen LogP contribution in [0.1, 0.15) is 13.8 Å². The Morgan fingerprint density at radius 1 is 1.28 bits per heavy atom. The molecular formula is C13H20ClNO3.